The molecule has 0 atom stereocenters. The Bertz CT molecular complexity index is 298. The van der Waals surface area contributed by atoms with E-state index in [9.17, 15) is 0 Å². The van der Waals surface area contributed by atoms with Gasteiger partial charge < -0.3 is 15.2 Å². The topological polar surface area (TPSA) is 31.1 Å². The molecule has 0 unspecified atom stereocenters. The van der Waals surface area contributed by atoms with Gasteiger partial charge in [-0.15, -0.1) is 0 Å². The first-order chi connectivity index (χ1) is 6.21. The summed E-state index contributed by atoms with van der Waals surface area (Å²) < 4.78 is 0. The van der Waals surface area contributed by atoms with E-state index in [2.05, 4.69) is 41.3 Å². The van der Waals surface area contributed by atoms with Gasteiger partial charge in [0.15, 0.2) is 0 Å². The highest BCUT2D eigenvalue weighted by Crippen LogP contribution is 2.26. The number of aromatic nitrogens is 1. The third-order valence-corrected chi connectivity index (χ3v) is 2.61. The van der Waals surface area contributed by atoms with Crippen LogP contribution < -0.4 is 5.32 Å². The van der Waals surface area contributed by atoms with Crippen LogP contribution in [0, 0.1) is 0 Å². The summed E-state index contributed by atoms with van der Waals surface area (Å²) in [6.07, 6.45) is 6.02. The molecule has 13 heavy (non-hydrogen) atoms. The van der Waals surface area contributed by atoms with Crippen molar-refractivity contribution in [2.45, 2.75) is 19.4 Å². The Morgan fingerprint density at radius 3 is 2.85 bits per heavy atom. The minimum Gasteiger partial charge on any atom is -0.373 e. The van der Waals surface area contributed by atoms with Crippen LogP contribution in [0.15, 0.2) is 30.7 Å². The number of nitrogens with one attached hydrogen (secondary N) is 2. The molecule has 0 aromatic carbocycles. The normalized spacial score (nSPS) is 16.3. The van der Waals surface area contributed by atoms with Gasteiger partial charge in [0.25, 0.3) is 0 Å². The molecule has 0 spiro atoms. The fourth-order valence-electron chi connectivity index (χ4n) is 1.60. The van der Waals surface area contributed by atoms with Crippen LogP contribution in [0.5, 0.6) is 0 Å². The van der Waals surface area contributed by atoms with Gasteiger partial charge in [-0.05, 0) is 26.0 Å². The molecule has 2 rings (SSSR count). The molecule has 0 aliphatic carbocycles. The maximum Gasteiger partial charge on any atom is 0.0876 e. The minimum atomic E-state index is 0.0313. The van der Waals surface area contributed by atoms with E-state index in [0.717, 1.165) is 6.67 Å². The zero-order valence-electron chi connectivity index (χ0n) is 8.04. The van der Waals surface area contributed by atoms with E-state index in [1.165, 1.54) is 5.69 Å². The molecule has 0 fully saturated rings. The van der Waals surface area contributed by atoms with E-state index >= 15 is 0 Å². The van der Waals surface area contributed by atoms with E-state index in [1.54, 1.807) is 0 Å². The van der Waals surface area contributed by atoms with Gasteiger partial charge in [-0.25, -0.2) is 0 Å². The number of nitrogens with zero attached hydrogens (tertiary/aromatic N) is 1. The molecule has 3 nitrogen and oxygen atoms in total. The molecule has 0 saturated carbocycles. The highest BCUT2D eigenvalue weighted by atomic mass is 15.3. The predicted octanol–water partition coefficient (Wildman–Crippen LogP) is 1.58. The van der Waals surface area contributed by atoms with Gasteiger partial charge in [0.2, 0.25) is 0 Å². The Balaban J connectivity index is 2.24. The third-order valence-electron chi connectivity index (χ3n) is 2.61. The van der Waals surface area contributed by atoms with Crippen LogP contribution in [0.25, 0.3) is 0 Å². The molecule has 1 aromatic heterocycles. The highest BCUT2D eigenvalue weighted by Gasteiger charge is 2.28. The van der Waals surface area contributed by atoms with Gasteiger partial charge in [-0.2, -0.15) is 0 Å². The number of hydrogen-bond acceptors (Lipinski definition) is 2. The van der Waals surface area contributed by atoms with E-state index in [0.29, 0.717) is 0 Å². The average molecular weight is 177 g/mol. The SMILES string of the molecule is CC(C)(c1ccc[nH]1)N1C=CNC1. The van der Waals surface area contributed by atoms with Crippen LogP contribution in [0.1, 0.15) is 19.5 Å². The molecule has 1 aromatic rings. The number of H-pyrrole nitrogens is 1. The lowest BCUT2D eigenvalue weighted by Gasteiger charge is -2.34. The second-order valence-corrected chi connectivity index (χ2v) is 3.79. The fourth-order valence-corrected chi connectivity index (χ4v) is 1.60. The van der Waals surface area contributed by atoms with Crippen LogP contribution in [-0.2, 0) is 5.54 Å². The smallest absolute Gasteiger partial charge is 0.0876 e. The van der Waals surface area contributed by atoms with Crippen LogP contribution in [0.2, 0.25) is 0 Å². The van der Waals surface area contributed by atoms with Crippen LogP contribution >= 0.6 is 0 Å². The Hall–Kier alpha value is -1.38. The first-order valence-corrected chi connectivity index (χ1v) is 4.52. The fraction of sp³-hybridized carbons (Fsp3) is 0.400. The van der Waals surface area contributed by atoms with Crippen LogP contribution in [-0.4, -0.2) is 16.6 Å². The van der Waals surface area contributed by atoms with Crippen molar-refractivity contribution in [1.29, 1.82) is 0 Å². The quantitative estimate of drug-likeness (QED) is 0.718. The molecule has 0 radical (unpaired) electrons. The minimum absolute atomic E-state index is 0.0313. The molecular formula is C10H15N3. The first kappa shape index (κ1) is 8.23. The summed E-state index contributed by atoms with van der Waals surface area (Å²) in [5.74, 6) is 0. The summed E-state index contributed by atoms with van der Waals surface area (Å²) in [6.45, 7) is 5.29. The van der Waals surface area contributed by atoms with Gasteiger partial charge in [0.1, 0.15) is 0 Å². The molecule has 0 amide bonds. The number of rotatable bonds is 2. The third kappa shape index (κ3) is 1.30. The second-order valence-electron chi connectivity index (χ2n) is 3.79. The standard InChI is InChI=1S/C10H15N3/c1-10(2,9-4-3-5-12-9)13-7-6-11-8-13/h3-7,11-12H,8H2,1-2H3. The number of aromatic amines is 1. The molecule has 2 N–H and O–H groups in total. The van der Waals surface area contributed by atoms with Gasteiger partial charge >= 0.3 is 0 Å². The Labute approximate surface area is 78.4 Å². The maximum absolute atomic E-state index is 3.25. The molecule has 1 aliphatic heterocycles. The van der Waals surface area contributed by atoms with E-state index in [1.807, 2.05) is 18.5 Å². The van der Waals surface area contributed by atoms with Gasteiger partial charge in [0.05, 0.1) is 12.2 Å². The Kier molecular flexibility index (Phi) is 1.79. The maximum atomic E-state index is 3.25. The molecule has 1 aliphatic rings. The van der Waals surface area contributed by atoms with Gasteiger partial charge in [-0.1, -0.05) is 0 Å². The largest absolute Gasteiger partial charge is 0.373 e. The summed E-state index contributed by atoms with van der Waals surface area (Å²) in [6, 6.07) is 4.15. The molecule has 0 bridgehead atoms. The summed E-state index contributed by atoms with van der Waals surface area (Å²) in [7, 11) is 0. The summed E-state index contributed by atoms with van der Waals surface area (Å²) in [4.78, 5) is 5.51. The molecule has 2 heterocycles. The lowest BCUT2D eigenvalue weighted by Crippen LogP contribution is -2.38. The monoisotopic (exact) mass is 177 g/mol. The van der Waals surface area contributed by atoms with Gasteiger partial charge in [-0.3, -0.25) is 0 Å². The van der Waals surface area contributed by atoms with Crippen molar-refractivity contribution < 1.29 is 0 Å². The lowest BCUT2D eigenvalue weighted by molar-refractivity contribution is 0.190. The van der Waals surface area contributed by atoms with Crippen molar-refractivity contribution in [3.63, 3.8) is 0 Å². The zero-order valence-corrected chi connectivity index (χ0v) is 8.04. The van der Waals surface area contributed by atoms with Crippen molar-refractivity contribution in [3.8, 4) is 0 Å². The van der Waals surface area contributed by atoms with Crippen LogP contribution in [0.4, 0.5) is 0 Å². The number of hydrogen-bond donors (Lipinski definition) is 2. The predicted molar refractivity (Wildman–Crippen MR) is 52.8 cm³/mol. The van der Waals surface area contributed by atoms with Crippen molar-refractivity contribution in [1.82, 2.24) is 15.2 Å². The van der Waals surface area contributed by atoms with Crippen molar-refractivity contribution in [3.05, 3.63) is 36.4 Å². The van der Waals surface area contributed by atoms with Crippen molar-refractivity contribution in [2.24, 2.45) is 0 Å². The van der Waals surface area contributed by atoms with E-state index in [4.69, 9.17) is 0 Å². The zero-order chi connectivity index (χ0) is 9.31. The van der Waals surface area contributed by atoms with Crippen LogP contribution in [0.3, 0.4) is 0 Å². The summed E-state index contributed by atoms with van der Waals surface area (Å²) in [5.41, 5.74) is 1.27. The average Bonchev–Trinajstić information content (AvgIpc) is 2.78. The van der Waals surface area contributed by atoms with Crippen molar-refractivity contribution in [2.75, 3.05) is 6.67 Å². The summed E-state index contributed by atoms with van der Waals surface area (Å²) in [5, 5.41) is 3.17. The molecule has 3 heteroatoms. The van der Waals surface area contributed by atoms with E-state index < -0.39 is 0 Å². The first-order valence-electron chi connectivity index (χ1n) is 4.52. The lowest BCUT2D eigenvalue weighted by atomic mass is 9.99. The Morgan fingerprint density at radius 2 is 2.31 bits per heavy atom. The molecular weight excluding hydrogens is 162 g/mol. The highest BCUT2D eigenvalue weighted by molar-refractivity contribution is 5.16. The second kappa shape index (κ2) is 2.83. The van der Waals surface area contributed by atoms with Gasteiger partial charge in [0, 0.05) is 24.3 Å². The summed E-state index contributed by atoms with van der Waals surface area (Å²) >= 11 is 0. The van der Waals surface area contributed by atoms with Crippen molar-refractivity contribution >= 4 is 0 Å². The molecule has 0 saturated heterocycles. The Morgan fingerprint density at radius 1 is 1.46 bits per heavy atom. The van der Waals surface area contributed by atoms with E-state index in [-0.39, 0.29) is 5.54 Å². The molecule has 70 valence electrons.